The molecule has 2 aromatic heterocycles. The molecular formula is C20H18FN3O3. The van der Waals surface area contributed by atoms with Gasteiger partial charge in [-0.25, -0.2) is 14.4 Å². The van der Waals surface area contributed by atoms with E-state index in [1.165, 1.54) is 24.6 Å². The molecule has 0 aliphatic heterocycles. The van der Waals surface area contributed by atoms with Crippen LogP contribution in [0.5, 0.6) is 5.75 Å². The van der Waals surface area contributed by atoms with Gasteiger partial charge in [-0.15, -0.1) is 0 Å². The van der Waals surface area contributed by atoms with Crippen LogP contribution in [0, 0.1) is 11.7 Å². The molecule has 4 rings (SSSR count). The van der Waals surface area contributed by atoms with Crippen molar-refractivity contribution in [2.75, 3.05) is 5.73 Å². The molecule has 0 amide bonds. The molecule has 0 saturated heterocycles. The summed E-state index contributed by atoms with van der Waals surface area (Å²) in [5.41, 5.74) is 7.06. The van der Waals surface area contributed by atoms with Crippen molar-refractivity contribution in [2.45, 2.75) is 25.9 Å². The quantitative estimate of drug-likeness (QED) is 0.519. The monoisotopic (exact) mass is 367 g/mol. The molecule has 2 heterocycles. The topological polar surface area (TPSA) is 91.2 Å². The van der Waals surface area contributed by atoms with Gasteiger partial charge in [-0.3, -0.25) is 4.79 Å². The molecule has 3 aromatic rings. The molecule has 27 heavy (non-hydrogen) atoms. The van der Waals surface area contributed by atoms with E-state index >= 15 is 0 Å². The second-order valence-electron chi connectivity index (χ2n) is 6.59. The van der Waals surface area contributed by atoms with Crippen molar-refractivity contribution in [2.24, 2.45) is 5.92 Å². The van der Waals surface area contributed by atoms with E-state index in [0.29, 0.717) is 22.7 Å². The van der Waals surface area contributed by atoms with Gasteiger partial charge >= 0.3 is 0 Å². The summed E-state index contributed by atoms with van der Waals surface area (Å²) in [5, 5.41) is 0. The maximum absolute atomic E-state index is 13.6. The Balaban J connectivity index is 1.45. The highest BCUT2D eigenvalue weighted by molar-refractivity contribution is 5.97. The zero-order valence-electron chi connectivity index (χ0n) is 14.7. The average Bonchev–Trinajstić information content (AvgIpc) is 3.40. The van der Waals surface area contributed by atoms with E-state index in [4.69, 9.17) is 14.9 Å². The Labute approximate surface area is 155 Å². The number of carbonyl (C=O) groups excluding carboxylic acids is 1. The van der Waals surface area contributed by atoms with Gasteiger partial charge in [-0.05, 0) is 50.1 Å². The first-order valence-corrected chi connectivity index (χ1v) is 8.69. The Kier molecular flexibility index (Phi) is 4.35. The van der Waals surface area contributed by atoms with Crippen LogP contribution in [-0.4, -0.2) is 15.8 Å². The molecule has 0 spiro atoms. The van der Waals surface area contributed by atoms with Gasteiger partial charge in [-0.2, -0.15) is 0 Å². The van der Waals surface area contributed by atoms with Gasteiger partial charge in [0.15, 0.2) is 5.78 Å². The van der Waals surface area contributed by atoms with Crippen LogP contribution in [0.1, 0.15) is 42.1 Å². The maximum atomic E-state index is 13.6. The first kappa shape index (κ1) is 17.2. The Morgan fingerprint density at radius 1 is 1.33 bits per heavy atom. The molecule has 1 unspecified atom stereocenters. The van der Waals surface area contributed by atoms with Crippen LogP contribution in [0.4, 0.5) is 10.1 Å². The molecule has 1 aliphatic carbocycles. The number of nitrogens with zero attached hydrogens (tertiary/aromatic N) is 2. The Morgan fingerprint density at radius 2 is 2.15 bits per heavy atom. The predicted octanol–water partition coefficient (Wildman–Crippen LogP) is 4.19. The molecule has 1 fully saturated rings. The number of oxazole rings is 1. The number of halogens is 1. The lowest BCUT2D eigenvalue weighted by molar-refractivity contribution is 0.0962. The van der Waals surface area contributed by atoms with E-state index in [0.717, 1.165) is 12.8 Å². The smallest absolute Gasteiger partial charge is 0.226 e. The lowest BCUT2D eigenvalue weighted by atomic mass is 10.2. The number of carbonyl (C=O) groups is 1. The van der Waals surface area contributed by atoms with E-state index in [-0.39, 0.29) is 23.3 Å². The molecule has 0 radical (unpaired) electrons. The summed E-state index contributed by atoms with van der Waals surface area (Å²) >= 11 is 0. The van der Waals surface area contributed by atoms with Gasteiger partial charge in [0.25, 0.3) is 0 Å². The van der Waals surface area contributed by atoms with Gasteiger partial charge in [0.2, 0.25) is 5.89 Å². The standard InChI is InChI=1S/C20H18FN3O3/c1-11(27-14-5-7-17(23-9-14)19(25)12-2-3-12)18-10-26-20(24-18)13-4-6-16(22)15(21)8-13/h4-12H,2-3,22H2,1H3. The van der Waals surface area contributed by atoms with E-state index in [9.17, 15) is 9.18 Å². The summed E-state index contributed by atoms with van der Waals surface area (Å²) in [5.74, 6) is 0.505. The molecule has 138 valence electrons. The second-order valence-corrected chi connectivity index (χ2v) is 6.59. The summed E-state index contributed by atoms with van der Waals surface area (Å²) in [7, 11) is 0. The van der Waals surface area contributed by atoms with Crippen molar-refractivity contribution in [3.63, 3.8) is 0 Å². The van der Waals surface area contributed by atoms with Gasteiger partial charge < -0.3 is 14.9 Å². The molecule has 1 aliphatic rings. The molecule has 6 nitrogen and oxygen atoms in total. The number of Topliss-reactive ketones (excluding diaryl/α,β-unsaturated/α-hetero) is 1. The van der Waals surface area contributed by atoms with Crippen molar-refractivity contribution in [3.05, 3.63) is 60.0 Å². The highest BCUT2D eigenvalue weighted by atomic mass is 19.1. The molecule has 0 bridgehead atoms. The van der Waals surface area contributed by atoms with Crippen LogP contribution in [-0.2, 0) is 0 Å². The molecule has 2 N–H and O–H groups in total. The number of hydrogen-bond acceptors (Lipinski definition) is 6. The van der Waals surface area contributed by atoms with Crippen molar-refractivity contribution >= 4 is 11.5 Å². The third-order valence-corrected chi connectivity index (χ3v) is 4.44. The zero-order valence-corrected chi connectivity index (χ0v) is 14.7. The number of aromatic nitrogens is 2. The van der Waals surface area contributed by atoms with Crippen LogP contribution in [0.25, 0.3) is 11.5 Å². The zero-order chi connectivity index (χ0) is 19.0. The highest BCUT2D eigenvalue weighted by Crippen LogP contribution is 2.32. The number of pyridine rings is 1. The highest BCUT2D eigenvalue weighted by Gasteiger charge is 2.31. The number of hydrogen-bond donors (Lipinski definition) is 1. The van der Waals surface area contributed by atoms with E-state index in [2.05, 4.69) is 9.97 Å². The van der Waals surface area contributed by atoms with Crippen molar-refractivity contribution in [1.29, 1.82) is 0 Å². The minimum absolute atomic E-state index is 0.0679. The average molecular weight is 367 g/mol. The number of benzene rings is 1. The lowest BCUT2D eigenvalue weighted by Gasteiger charge is -2.11. The predicted molar refractivity (Wildman–Crippen MR) is 96.6 cm³/mol. The molecular weight excluding hydrogens is 349 g/mol. The fourth-order valence-electron chi connectivity index (χ4n) is 2.68. The van der Waals surface area contributed by atoms with Gasteiger partial charge in [0, 0.05) is 11.5 Å². The minimum Gasteiger partial charge on any atom is -0.483 e. The number of nitrogens with two attached hydrogens (primary N) is 1. The maximum Gasteiger partial charge on any atom is 0.226 e. The SMILES string of the molecule is CC(Oc1ccc(C(=O)C2CC2)nc1)c1coc(-c2ccc(N)c(F)c2)n1. The Bertz CT molecular complexity index is 980. The third-order valence-electron chi connectivity index (χ3n) is 4.44. The van der Waals surface area contributed by atoms with Crippen molar-refractivity contribution < 1.29 is 18.3 Å². The second kappa shape index (κ2) is 6.83. The fourth-order valence-corrected chi connectivity index (χ4v) is 2.68. The lowest BCUT2D eigenvalue weighted by Crippen LogP contribution is -2.06. The molecule has 7 heteroatoms. The largest absolute Gasteiger partial charge is 0.483 e. The van der Waals surface area contributed by atoms with Crippen LogP contribution >= 0.6 is 0 Å². The number of rotatable bonds is 6. The van der Waals surface area contributed by atoms with Crippen LogP contribution in [0.2, 0.25) is 0 Å². The molecule has 1 aromatic carbocycles. The molecule has 1 saturated carbocycles. The summed E-state index contributed by atoms with van der Waals surface area (Å²) in [4.78, 5) is 20.5. The van der Waals surface area contributed by atoms with E-state index < -0.39 is 11.9 Å². The fraction of sp³-hybridized carbons (Fsp3) is 0.250. The Hall–Kier alpha value is -3.22. The minimum atomic E-state index is -0.525. The first-order valence-electron chi connectivity index (χ1n) is 8.69. The third kappa shape index (κ3) is 3.67. The number of nitrogen functional groups attached to an aromatic ring is 1. The van der Waals surface area contributed by atoms with Gasteiger partial charge in [0.1, 0.15) is 35.3 Å². The van der Waals surface area contributed by atoms with Crippen LogP contribution in [0.15, 0.2) is 47.2 Å². The molecule has 1 atom stereocenters. The van der Waals surface area contributed by atoms with Crippen molar-refractivity contribution in [1.82, 2.24) is 9.97 Å². The Morgan fingerprint density at radius 3 is 2.81 bits per heavy atom. The number of ketones is 1. The van der Waals surface area contributed by atoms with Gasteiger partial charge in [-0.1, -0.05) is 0 Å². The van der Waals surface area contributed by atoms with Crippen LogP contribution in [0.3, 0.4) is 0 Å². The summed E-state index contributed by atoms with van der Waals surface area (Å²) in [6.07, 6.45) is 4.48. The van der Waals surface area contributed by atoms with Crippen LogP contribution < -0.4 is 10.5 Å². The van der Waals surface area contributed by atoms with Gasteiger partial charge in [0.05, 0.1) is 11.9 Å². The normalized spacial score (nSPS) is 14.7. The summed E-state index contributed by atoms with van der Waals surface area (Å²) in [6, 6.07) is 7.77. The summed E-state index contributed by atoms with van der Waals surface area (Å²) < 4.78 is 24.9. The summed E-state index contributed by atoms with van der Waals surface area (Å²) in [6.45, 7) is 1.81. The number of anilines is 1. The van der Waals surface area contributed by atoms with Crippen molar-refractivity contribution in [3.8, 4) is 17.2 Å². The van der Waals surface area contributed by atoms with E-state index in [1.54, 1.807) is 18.2 Å². The van der Waals surface area contributed by atoms with E-state index in [1.807, 2.05) is 6.92 Å². The number of ether oxygens (including phenoxy) is 1. The first-order chi connectivity index (χ1) is 13.0.